The fraction of sp³-hybridized carbons (Fsp3) is 0.250. The van der Waals surface area contributed by atoms with Gasteiger partial charge in [-0.2, -0.15) is 0 Å². The number of thioether (sulfide) groups is 1. The molecule has 5 nitrogen and oxygen atoms in total. The summed E-state index contributed by atoms with van der Waals surface area (Å²) in [6.07, 6.45) is 2.40. The summed E-state index contributed by atoms with van der Waals surface area (Å²) in [6.45, 7) is 3.79. The Morgan fingerprint density at radius 3 is 2.57 bits per heavy atom. The summed E-state index contributed by atoms with van der Waals surface area (Å²) in [5.41, 5.74) is 2.91. The minimum absolute atomic E-state index is 0.448. The normalized spacial score (nSPS) is 11.4. The maximum atomic E-state index is 11.2. The number of carbonyl (C=O) groups is 1. The van der Waals surface area contributed by atoms with E-state index in [-0.39, 0.29) is 0 Å². The molecule has 0 radical (unpaired) electrons. The number of benzene rings is 1. The molecule has 8 heteroatoms. The second-order valence-electron chi connectivity index (χ2n) is 6.51. The van der Waals surface area contributed by atoms with Crippen LogP contribution < -0.4 is 4.74 Å². The van der Waals surface area contributed by atoms with Crippen molar-refractivity contribution in [1.82, 2.24) is 9.97 Å². The Labute approximate surface area is 176 Å². The van der Waals surface area contributed by atoms with Crippen molar-refractivity contribution in [3.05, 3.63) is 58.7 Å². The number of aromatic nitrogens is 2. The van der Waals surface area contributed by atoms with Gasteiger partial charge in [0.25, 0.3) is 0 Å². The monoisotopic (exact) mass is 434 g/mol. The molecule has 0 aliphatic carbocycles. The lowest BCUT2D eigenvalue weighted by Gasteiger charge is -2.15. The maximum absolute atomic E-state index is 11.2. The number of ether oxygens (including phenoxy) is 1. The summed E-state index contributed by atoms with van der Waals surface area (Å²) in [4.78, 5) is 20.0. The van der Waals surface area contributed by atoms with E-state index in [1.807, 2.05) is 41.8 Å². The fourth-order valence-corrected chi connectivity index (χ4v) is 4.60. The van der Waals surface area contributed by atoms with Gasteiger partial charge in [0.05, 0.1) is 12.3 Å². The van der Waals surface area contributed by atoms with E-state index in [9.17, 15) is 9.90 Å². The SMILES string of the molecule is CC(C)(Sc1nc(CCOc2ccc(-c3ccc(Cl)cc3)cn2)cs1)C(=O)O. The molecular formula is C20H19ClN2O3S2. The predicted molar refractivity (Wildman–Crippen MR) is 114 cm³/mol. The summed E-state index contributed by atoms with van der Waals surface area (Å²) in [5.74, 6) is -0.305. The number of aliphatic carboxylic acids is 1. The minimum atomic E-state index is -0.901. The third-order valence-corrected chi connectivity index (χ3v) is 6.33. The Morgan fingerprint density at radius 2 is 1.93 bits per heavy atom. The summed E-state index contributed by atoms with van der Waals surface area (Å²) >= 11 is 8.61. The van der Waals surface area contributed by atoms with Gasteiger partial charge in [0.15, 0.2) is 4.34 Å². The van der Waals surface area contributed by atoms with Crippen LogP contribution in [0, 0.1) is 0 Å². The molecule has 0 aliphatic rings. The molecule has 3 rings (SSSR count). The zero-order chi connectivity index (χ0) is 20.1. The molecule has 3 aromatic rings. The van der Waals surface area contributed by atoms with Gasteiger partial charge >= 0.3 is 5.97 Å². The number of pyridine rings is 1. The Morgan fingerprint density at radius 1 is 1.21 bits per heavy atom. The molecular weight excluding hydrogens is 416 g/mol. The maximum Gasteiger partial charge on any atom is 0.319 e. The summed E-state index contributed by atoms with van der Waals surface area (Å²) in [5, 5.41) is 11.8. The molecule has 0 bridgehead atoms. The van der Waals surface area contributed by atoms with E-state index in [1.165, 1.54) is 23.1 Å². The van der Waals surface area contributed by atoms with Crippen LogP contribution in [0.4, 0.5) is 0 Å². The van der Waals surface area contributed by atoms with Crippen LogP contribution in [-0.4, -0.2) is 32.4 Å². The van der Waals surface area contributed by atoms with Crippen LogP contribution in [0.2, 0.25) is 5.02 Å². The molecule has 0 fully saturated rings. The predicted octanol–water partition coefficient (Wildman–Crippen LogP) is 5.44. The van der Waals surface area contributed by atoms with Gasteiger partial charge in [-0.05, 0) is 37.6 Å². The molecule has 28 heavy (non-hydrogen) atoms. The standard InChI is InChI=1S/C20H19ClN2O3S2/c1-20(2,18(24)25)28-19-23-16(12-27-19)9-10-26-17-8-5-14(11-22-17)13-3-6-15(21)7-4-13/h3-8,11-12H,9-10H2,1-2H3,(H,24,25). The van der Waals surface area contributed by atoms with Crippen LogP contribution in [0.15, 0.2) is 52.3 Å². The van der Waals surface area contributed by atoms with Gasteiger partial charge in [-0.15, -0.1) is 11.3 Å². The quantitative estimate of drug-likeness (QED) is 0.476. The van der Waals surface area contributed by atoms with Crippen LogP contribution in [0.5, 0.6) is 5.88 Å². The first-order valence-corrected chi connectivity index (χ1v) is 10.6. The molecule has 2 aromatic heterocycles. The first kappa shape index (κ1) is 20.6. The van der Waals surface area contributed by atoms with Crippen molar-refractivity contribution in [1.29, 1.82) is 0 Å². The largest absolute Gasteiger partial charge is 0.480 e. The fourth-order valence-electron chi connectivity index (χ4n) is 2.25. The second kappa shape index (κ2) is 8.94. The topological polar surface area (TPSA) is 72.3 Å². The third-order valence-electron chi connectivity index (χ3n) is 3.91. The number of hydrogen-bond acceptors (Lipinski definition) is 6. The van der Waals surface area contributed by atoms with Crippen molar-refractivity contribution < 1.29 is 14.6 Å². The van der Waals surface area contributed by atoms with Gasteiger partial charge in [0, 0.05) is 34.7 Å². The zero-order valence-electron chi connectivity index (χ0n) is 15.4. The molecule has 0 amide bonds. The van der Waals surface area contributed by atoms with Crippen LogP contribution in [0.25, 0.3) is 11.1 Å². The Balaban J connectivity index is 1.51. The molecule has 0 spiro atoms. The smallest absolute Gasteiger partial charge is 0.319 e. The average molecular weight is 435 g/mol. The highest BCUT2D eigenvalue weighted by Crippen LogP contribution is 2.34. The van der Waals surface area contributed by atoms with Gasteiger partial charge in [0.1, 0.15) is 4.75 Å². The highest BCUT2D eigenvalue weighted by atomic mass is 35.5. The molecule has 146 valence electrons. The van der Waals surface area contributed by atoms with Crippen LogP contribution in [0.3, 0.4) is 0 Å². The number of rotatable bonds is 8. The third kappa shape index (κ3) is 5.47. The van der Waals surface area contributed by atoms with E-state index >= 15 is 0 Å². The lowest BCUT2D eigenvalue weighted by molar-refractivity contribution is -0.138. The summed E-state index contributed by atoms with van der Waals surface area (Å²) in [7, 11) is 0. The van der Waals surface area contributed by atoms with Gasteiger partial charge in [-0.25, -0.2) is 9.97 Å². The van der Waals surface area contributed by atoms with Crippen molar-refractivity contribution in [2.75, 3.05) is 6.61 Å². The van der Waals surface area contributed by atoms with E-state index in [2.05, 4.69) is 9.97 Å². The number of nitrogens with zero attached hydrogens (tertiary/aromatic N) is 2. The lowest BCUT2D eigenvalue weighted by atomic mass is 10.1. The Kier molecular flexibility index (Phi) is 6.59. The van der Waals surface area contributed by atoms with Crippen LogP contribution >= 0.6 is 34.7 Å². The number of carboxylic acid groups (broad SMARTS) is 1. The molecule has 0 atom stereocenters. The van der Waals surface area contributed by atoms with Crippen LogP contribution in [-0.2, 0) is 11.2 Å². The molecule has 0 saturated carbocycles. The van der Waals surface area contributed by atoms with E-state index in [0.29, 0.717) is 23.9 Å². The molecule has 0 saturated heterocycles. The average Bonchev–Trinajstić information content (AvgIpc) is 3.09. The number of hydrogen-bond donors (Lipinski definition) is 1. The molecule has 0 unspecified atom stereocenters. The molecule has 1 N–H and O–H groups in total. The summed E-state index contributed by atoms with van der Waals surface area (Å²) in [6, 6.07) is 11.4. The Hall–Kier alpha value is -2.09. The zero-order valence-corrected chi connectivity index (χ0v) is 17.8. The van der Waals surface area contributed by atoms with Crippen molar-refractivity contribution in [3.63, 3.8) is 0 Å². The van der Waals surface area contributed by atoms with E-state index in [4.69, 9.17) is 16.3 Å². The summed E-state index contributed by atoms with van der Waals surface area (Å²) < 4.78 is 5.54. The van der Waals surface area contributed by atoms with Gasteiger partial charge in [0.2, 0.25) is 5.88 Å². The molecule has 1 aromatic carbocycles. The highest BCUT2D eigenvalue weighted by molar-refractivity contribution is 8.02. The minimum Gasteiger partial charge on any atom is -0.480 e. The number of thiazole rings is 1. The van der Waals surface area contributed by atoms with E-state index in [0.717, 1.165) is 21.2 Å². The van der Waals surface area contributed by atoms with Gasteiger partial charge in [-0.3, -0.25) is 4.79 Å². The van der Waals surface area contributed by atoms with Crippen molar-refractivity contribution in [2.24, 2.45) is 0 Å². The Bertz CT molecular complexity index is 941. The van der Waals surface area contributed by atoms with E-state index < -0.39 is 10.7 Å². The van der Waals surface area contributed by atoms with Gasteiger partial charge < -0.3 is 9.84 Å². The number of carboxylic acids is 1. The first-order valence-electron chi connectivity index (χ1n) is 8.55. The van der Waals surface area contributed by atoms with Gasteiger partial charge in [-0.1, -0.05) is 35.5 Å². The van der Waals surface area contributed by atoms with Crippen molar-refractivity contribution >= 4 is 40.7 Å². The first-order chi connectivity index (χ1) is 13.3. The van der Waals surface area contributed by atoms with Crippen molar-refractivity contribution in [3.8, 4) is 17.0 Å². The number of halogens is 1. The molecule has 0 aliphatic heterocycles. The highest BCUT2D eigenvalue weighted by Gasteiger charge is 2.29. The lowest BCUT2D eigenvalue weighted by Crippen LogP contribution is -2.26. The molecule has 2 heterocycles. The van der Waals surface area contributed by atoms with Crippen molar-refractivity contribution in [2.45, 2.75) is 29.4 Å². The second-order valence-corrected chi connectivity index (χ2v) is 9.68. The van der Waals surface area contributed by atoms with E-state index in [1.54, 1.807) is 20.0 Å². The van der Waals surface area contributed by atoms with Crippen LogP contribution in [0.1, 0.15) is 19.5 Å².